The first-order valence-corrected chi connectivity index (χ1v) is 11.3. The summed E-state index contributed by atoms with van der Waals surface area (Å²) in [6, 6.07) is 21.5. The summed E-state index contributed by atoms with van der Waals surface area (Å²) in [4.78, 5) is 38.1. The molecule has 0 saturated heterocycles. The van der Waals surface area contributed by atoms with Gasteiger partial charge >= 0.3 is 11.9 Å². The van der Waals surface area contributed by atoms with Gasteiger partial charge in [0.2, 0.25) is 0 Å². The Bertz CT molecular complexity index is 1160. The van der Waals surface area contributed by atoms with Crippen molar-refractivity contribution in [2.75, 3.05) is 18.2 Å². The lowest BCUT2D eigenvalue weighted by Crippen LogP contribution is -2.23. The predicted molar refractivity (Wildman–Crippen MR) is 122 cm³/mol. The van der Waals surface area contributed by atoms with E-state index in [4.69, 9.17) is 9.47 Å². The van der Waals surface area contributed by atoms with Crippen LogP contribution in [0.3, 0.4) is 0 Å². The molecule has 32 heavy (non-hydrogen) atoms. The fourth-order valence-corrected chi connectivity index (χ4v) is 4.08. The van der Waals surface area contributed by atoms with E-state index in [0.717, 1.165) is 10.5 Å². The van der Waals surface area contributed by atoms with E-state index < -0.39 is 30.6 Å². The molecule has 0 aromatic heterocycles. The average molecular weight is 448 g/mol. The van der Waals surface area contributed by atoms with E-state index in [1.807, 2.05) is 54.8 Å². The number of hydrogen-bond acceptors (Lipinski definition) is 6. The number of cyclic esters (lactones) is 1. The van der Waals surface area contributed by atoms with Crippen LogP contribution < -0.4 is 5.32 Å². The number of amides is 1. The van der Waals surface area contributed by atoms with Gasteiger partial charge in [-0.3, -0.25) is 4.79 Å². The highest BCUT2D eigenvalue weighted by atomic mass is 32.2. The number of anilines is 1. The first-order valence-electron chi connectivity index (χ1n) is 10.0. The molecule has 6 nitrogen and oxygen atoms in total. The minimum Gasteiger partial charge on any atom is -0.454 e. The van der Waals surface area contributed by atoms with Crippen molar-refractivity contribution >= 4 is 35.3 Å². The SMILES string of the molecule is CSc1ccccc1NC(=O)COC(=O)c1ccc2c(c1)CC(c1ccccc1)OC2=O. The third kappa shape index (κ3) is 4.84. The number of esters is 2. The molecule has 0 aliphatic carbocycles. The van der Waals surface area contributed by atoms with E-state index in [2.05, 4.69) is 5.32 Å². The zero-order chi connectivity index (χ0) is 22.5. The second-order valence-corrected chi connectivity index (χ2v) is 8.05. The molecule has 1 aliphatic rings. The molecule has 1 amide bonds. The lowest BCUT2D eigenvalue weighted by Gasteiger charge is -2.25. The summed E-state index contributed by atoms with van der Waals surface area (Å²) in [6.45, 7) is -0.409. The highest BCUT2D eigenvalue weighted by Gasteiger charge is 2.28. The maximum Gasteiger partial charge on any atom is 0.339 e. The van der Waals surface area contributed by atoms with Crippen molar-refractivity contribution < 1.29 is 23.9 Å². The quantitative estimate of drug-likeness (QED) is 0.437. The van der Waals surface area contributed by atoms with Crippen molar-refractivity contribution in [1.29, 1.82) is 0 Å². The molecule has 1 unspecified atom stereocenters. The van der Waals surface area contributed by atoms with Crippen molar-refractivity contribution in [3.05, 3.63) is 95.1 Å². The standard InChI is InChI=1S/C25H21NO5S/c1-32-22-10-6-5-9-20(22)26-23(27)15-30-24(28)17-11-12-19-18(13-17)14-21(31-25(19)29)16-7-3-2-4-8-16/h2-13,21H,14-15H2,1H3,(H,26,27). The van der Waals surface area contributed by atoms with Gasteiger partial charge in [0.05, 0.1) is 16.8 Å². The molecule has 0 radical (unpaired) electrons. The summed E-state index contributed by atoms with van der Waals surface area (Å²) in [5, 5.41) is 2.75. The Balaban J connectivity index is 1.42. The van der Waals surface area contributed by atoms with E-state index in [9.17, 15) is 14.4 Å². The van der Waals surface area contributed by atoms with Crippen molar-refractivity contribution in [2.45, 2.75) is 17.4 Å². The smallest absolute Gasteiger partial charge is 0.339 e. The molecular weight excluding hydrogens is 426 g/mol. The number of thioether (sulfide) groups is 1. The maximum absolute atomic E-state index is 12.5. The van der Waals surface area contributed by atoms with E-state index in [1.54, 1.807) is 18.2 Å². The maximum atomic E-state index is 12.5. The van der Waals surface area contributed by atoms with Crippen LogP contribution in [0.25, 0.3) is 0 Å². The van der Waals surface area contributed by atoms with Gasteiger partial charge < -0.3 is 14.8 Å². The number of hydrogen-bond donors (Lipinski definition) is 1. The number of ether oxygens (including phenoxy) is 2. The van der Waals surface area contributed by atoms with Crippen molar-refractivity contribution in [1.82, 2.24) is 0 Å². The summed E-state index contributed by atoms with van der Waals surface area (Å²) >= 11 is 1.51. The Kier molecular flexibility index (Phi) is 6.56. The third-order valence-electron chi connectivity index (χ3n) is 5.10. The molecule has 1 heterocycles. The molecule has 0 fully saturated rings. The number of benzene rings is 3. The summed E-state index contributed by atoms with van der Waals surface area (Å²) in [5.74, 6) is -1.48. The fraction of sp³-hybridized carbons (Fsp3) is 0.160. The Hall–Kier alpha value is -3.58. The van der Waals surface area contributed by atoms with Crippen LogP contribution in [0.5, 0.6) is 0 Å². The zero-order valence-corrected chi connectivity index (χ0v) is 18.2. The molecule has 1 N–H and O–H groups in total. The number of carbonyl (C=O) groups is 3. The van der Waals surface area contributed by atoms with Crippen LogP contribution in [0, 0.1) is 0 Å². The Labute approximate surface area is 189 Å². The molecule has 7 heteroatoms. The Morgan fingerprint density at radius 1 is 1.06 bits per heavy atom. The van der Waals surface area contributed by atoms with Crippen molar-refractivity contribution in [2.24, 2.45) is 0 Å². The van der Waals surface area contributed by atoms with Crippen LogP contribution in [0.2, 0.25) is 0 Å². The van der Waals surface area contributed by atoms with Crippen LogP contribution in [-0.4, -0.2) is 30.7 Å². The van der Waals surface area contributed by atoms with Gasteiger partial charge in [0.15, 0.2) is 6.61 Å². The van der Waals surface area contributed by atoms with Crippen LogP contribution in [0.1, 0.15) is 37.9 Å². The van der Waals surface area contributed by atoms with Crippen LogP contribution in [0.15, 0.2) is 77.7 Å². The van der Waals surface area contributed by atoms with Gasteiger partial charge in [0.25, 0.3) is 5.91 Å². The van der Waals surface area contributed by atoms with Gasteiger partial charge in [-0.05, 0) is 47.7 Å². The molecule has 0 saturated carbocycles. The summed E-state index contributed by atoms with van der Waals surface area (Å²) < 4.78 is 10.7. The van der Waals surface area contributed by atoms with Gasteiger partial charge in [-0.1, -0.05) is 42.5 Å². The topological polar surface area (TPSA) is 81.7 Å². The van der Waals surface area contributed by atoms with Crippen LogP contribution in [-0.2, 0) is 20.7 Å². The lowest BCUT2D eigenvalue weighted by atomic mass is 9.93. The zero-order valence-electron chi connectivity index (χ0n) is 17.4. The highest BCUT2D eigenvalue weighted by molar-refractivity contribution is 7.98. The summed E-state index contributed by atoms with van der Waals surface area (Å²) in [6.07, 6.45) is 1.96. The van der Waals surface area contributed by atoms with E-state index in [-0.39, 0.29) is 5.56 Å². The first kappa shape index (κ1) is 21.6. The number of carbonyl (C=O) groups excluding carboxylic acids is 3. The van der Waals surface area contributed by atoms with Gasteiger partial charge in [-0.15, -0.1) is 11.8 Å². The molecular formula is C25H21NO5S. The fourth-order valence-electron chi connectivity index (χ4n) is 3.53. The molecule has 3 aromatic rings. The van der Waals surface area contributed by atoms with Crippen molar-refractivity contribution in [3.8, 4) is 0 Å². The second kappa shape index (κ2) is 9.70. The van der Waals surface area contributed by atoms with E-state index >= 15 is 0 Å². The normalized spacial score (nSPS) is 14.8. The van der Waals surface area contributed by atoms with E-state index in [1.165, 1.54) is 17.8 Å². The predicted octanol–water partition coefficient (Wildman–Crippen LogP) is 4.66. The monoisotopic (exact) mass is 447 g/mol. The summed E-state index contributed by atoms with van der Waals surface area (Å²) in [7, 11) is 0. The molecule has 3 aromatic carbocycles. The van der Waals surface area contributed by atoms with Gasteiger partial charge in [0.1, 0.15) is 6.10 Å². The minimum atomic E-state index is -0.628. The Morgan fingerprint density at radius 2 is 1.81 bits per heavy atom. The second-order valence-electron chi connectivity index (χ2n) is 7.21. The summed E-state index contributed by atoms with van der Waals surface area (Å²) in [5.41, 5.74) is 2.98. The molecule has 0 spiro atoms. The van der Waals surface area contributed by atoms with Crippen LogP contribution >= 0.6 is 11.8 Å². The number of rotatable bonds is 6. The Morgan fingerprint density at radius 3 is 2.59 bits per heavy atom. The largest absolute Gasteiger partial charge is 0.454 e. The number of fused-ring (bicyclic) bond motifs is 1. The molecule has 1 aliphatic heterocycles. The van der Waals surface area contributed by atoms with Gasteiger partial charge in [-0.2, -0.15) is 0 Å². The van der Waals surface area contributed by atoms with E-state index in [0.29, 0.717) is 23.2 Å². The molecule has 4 rings (SSSR count). The average Bonchev–Trinajstić information content (AvgIpc) is 2.83. The third-order valence-corrected chi connectivity index (χ3v) is 5.90. The minimum absolute atomic E-state index is 0.280. The van der Waals surface area contributed by atoms with Gasteiger partial charge in [0, 0.05) is 11.3 Å². The molecule has 1 atom stereocenters. The lowest BCUT2D eigenvalue weighted by molar-refractivity contribution is -0.119. The first-order chi connectivity index (χ1) is 15.5. The molecule has 0 bridgehead atoms. The molecule has 162 valence electrons. The van der Waals surface area contributed by atoms with Crippen LogP contribution in [0.4, 0.5) is 5.69 Å². The van der Waals surface area contributed by atoms with Crippen molar-refractivity contribution in [3.63, 3.8) is 0 Å². The highest BCUT2D eigenvalue weighted by Crippen LogP contribution is 2.31. The van der Waals surface area contributed by atoms with Gasteiger partial charge in [-0.25, -0.2) is 9.59 Å². The number of nitrogens with one attached hydrogen (secondary N) is 1. The number of para-hydroxylation sites is 1.